The second-order valence-electron chi connectivity index (χ2n) is 4.90. The summed E-state index contributed by atoms with van der Waals surface area (Å²) in [6.45, 7) is 3.57. The van der Waals surface area contributed by atoms with Gasteiger partial charge in [0.1, 0.15) is 0 Å². The molecular weight excluding hydrogens is 248 g/mol. The zero-order chi connectivity index (χ0) is 13.1. The summed E-state index contributed by atoms with van der Waals surface area (Å²) >= 11 is 5.92. The maximum atomic E-state index is 5.94. The van der Waals surface area contributed by atoms with Gasteiger partial charge in [0.25, 0.3) is 0 Å². The van der Waals surface area contributed by atoms with Crippen LogP contribution in [0, 0.1) is 0 Å². The Morgan fingerprint density at radius 3 is 2.61 bits per heavy atom. The number of halogens is 1. The predicted molar refractivity (Wildman–Crippen MR) is 74.8 cm³/mol. The fraction of sp³-hybridized carbons (Fsp3) is 0.571. The first-order valence-electron chi connectivity index (χ1n) is 6.42. The Morgan fingerprint density at radius 2 is 2.11 bits per heavy atom. The fourth-order valence-electron chi connectivity index (χ4n) is 2.71. The molecule has 18 heavy (non-hydrogen) atoms. The molecule has 3 unspecified atom stereocenters. The molecule has 3 atom stereocenters. The molecule has 1 saturated heterocycles. The molecule has 1 fully saturated rings. The zero-order valence-electron chi connectivity index (χ0n) is 11.0. The smallest absolute Gasteiger partial charge is 0.0703 e. The molecule has 1 aliphatic rings. The van der Waals surface area contributed by atoms with Crippen molar-refractivity contribution in [2.45, 2.75) is 31.5 Å². The summed E-state index contributed by atoms with van der Waals surface area (Å²) in [7, 11) is 2.13. The first kappa shape index (κ1) is 13.8. The molecule has 2 rings (SSSR count). The Hall–Kier alpha value is -0.610. The van der Waals surface area contributed by atoms with E-state index >= 15 is 0 Å². The zero-order valence-corrected chi connectivity index (χ0v) is 11.7. The normalized spacial score (nSPS) is 25.6. The fourth-order valence-corrected chi connectivity index (χ4v) is 2.83. The van der Waals surface area contributed by atoms with E-state index in [0.29, 0.717) is 12.6 Å². The van der Waals surface area contributed by atoms with Gasteiger partial charge < -0.3 is 10.5 Å². The van der Waals surface area contributed by atoms with E-state index in [-0.39, 0.29) is 12.1 Å². The van der Waals surface area contributed by atoms with E-state index in [1.54, 1.807) is 0 Å². The van der Waals surface area contributed by atoms with Gasteiger partial charge in [-0.3, -0.25) is 4.90 Å². The Bertz CT molecular complexity index is 382. The third-order valence-corrected chi connectivity index (χ3v) is 4.08. The third-order valence-electron chi connectivity index (χ3n) is 3.83. The molecule has 0 radical (unpaired) electrons. The number of likely N-dealkylation sites (N-methyl/N-ethyl adjacent to an activating group) is 1. The Morgan fingerprint density at radius 1 is 1.44 bits per heavy atom. The number of ether oxygens (including phenoxy) is 1. The molecule has 0 amide bonds. The van der Waals surface area contributed by atoms with E-state index in [9.17, 15) is 0 Å². The van der Waals surface area contributed by atoms with Crippen LogP contribution in [0.15, 0.2) is 24.3 Å². The Labute approximate surface area is 114 Å². The van der Waals surface area contributed by atoms with Crippen molar-refractivity contribution in [3.05, 3.63) is 34.9 Å². The summed E-state index contributed by atoms with van der Waals surface area (Å²) < 4.78 is 5.63. The maximum absolute atomic E-state index is 5.94. The second-order valence-corrected chi connectivity index (χ2v) is 5.34. The van der Waals surface area contributed by atoms with Crippen LogP contribution in [-0.4, -0.2) is 37.2 Å². The lowest BCUT2D eigenvalue weighted by molar-refractivity contribution is 0.0686. The van der Waals surface area contributed by atoms with Crippen LogP contribution in [0.3, 0.4) is 0 Å². The molecule has 100 valence electrons. The lowest BCUT2D eigenvalue weighted by atomic mass is 10.0. The summed E-state index contributed by atoms with van der Waals surface area (Å²) in [6, 6.07) is 8.60. The molecule has 0 saturated carbocycles. The van der Waals surface area contributed by atoms with Crippen molar-refractivity contribution < 1.29 is 4.74 Å². The molecule has 4 heteroatoms. The quantitative estimate of drug-likeness (QED) is 0.912. The van der Waals surface area contributed by atoms with Gasteiger partial charge in [-0.2, -0.15) is 0 Å². The van der Waals surface area contributed by atoms with Crippen molar-refractivity contribution in [1.29, 1.82) is 0 Å². The average molecular weight is 269 g/mol. The molecule has 1 aromatic carbocycles. The van der Waals surface area contributed by atoms with Crippen LogP contribution in [0.1, 0.15) is 24.9 Å². The summed E-state index contributed by atoms with van der Waals surface area (Å²) in [5.41, 5.74) is 7.15. The van der Waals surface area contributed by atoms with Crippen LogP contribution in [0.5, 0.6) is 0 Å². The van der Waals surface area contributed by atoms with Crippen LogP contribution in [-0.2, 0) is 4.74 Å². The SMILES string of the molecule is CC1OCCC1N(C)C(CN)c1ccc(Cl)cc1. The van der Waals surface area contributed by atoms with Gasteiger partial charge >= 0.3 is 0 Å². The maximum Gasteiger partial charge on any atom is 0.0703 e. The van der Waals surface area contributed by atoms with Crippen LogP contribution in [0.4, 0.5) is 0 Å². The largest absolute Gasteiger partial charge is 0.377 e. The van der Waals surface area contributed by atoms with Crippen molar-refractivity contribution in [3.63, 3.8) is 0 Å². The minimum absolute atomic E-state index is 0.219. The van der Waals surface area contributed by atoms with Crippen molar-refractivity contribution in [2.24, 2.45) is 5.73 Å². The molecule has 2 N–H and O–H groups in total. The van der Waals surface area contributed by atoms with Crippen molar-refractivity contribution in [3.8, 4) is 0 Å². The van der Waals surface area contributed by atoms with Gasteiger partial charge in [0.2, 0.25) is 0 Å². The Balaban J connectivity index is 2.14. The third kappa shape index (κ3) is 2.86. The van der Waals surface area contributed by atoms with Crippen LogP contribution < -0.4 is 5.73 Å². The lowest BCUT2D eigenvalue weighted by Gasteiger charge is -2.34. The van der Waals surface area contributed by atoms with Gasteiger partial charge in [-0.1, -0.05) is 23.7 Å². The van der Waals surface area contributed by atoms with Gasteiger partial charge in [0, 0.05) is 30.3 Å². The standard InChI is InChI=1S/C14H21ClN2O/c1-10-13(7-8-18-10)17(2)14(9-16)11-3-5-12(15)6-4-11/h3-6,10,13-14H,7-9,16H2,1-2H3. The topological polar surface area (TPSA) is 38.5 Å². The molecule has 1 heterocycles. The van der Waals surface area contributed by atoms with Crippen LogP contribution in [0.2, 0.25) is 5.02 Å². The van der Waals surface area contributed by atoms with Crippen LogP contribution in [0.25, 0.3) is 0 Å². The van der Waals surface area contributed by atoms with E-state index in [0.717, 1.165) is 18.1 Å². The van der Waals surface area contributed by atoms with Crippen LogP contribution >= 0.6 is 11.6 Å². The first-order valence-corrected chi connectivity index (χ1v) is 6.80. The second kappa shape index (κ2) is 6.02. The summed E-state index contributed by atoms with van der Waals surface area (Å²) in [4.78, 5) is 2.33. The number of hydrogen-bond donors (Lipinski definition) is 1. The molecule has 0 bridgehead atoms. The number of benzene rings is 1. The van der Waals surface area contributed by atoms with E-state index in [1.165, 1.54) is 5.56 Å². The van der Waals surface area contributed by atoms with Gasteiger partial charge in [0.05, 0.1) is 6.10 Å². The van der Waals surface area contributed by atoms with Crippen molar-refractivity contribution >= 4 is 11.6 Å². The highest BCUT2D eigenvalue weighted by Crippen LogP contribution is 2.27. The molecule has 0 aliphatic carbocycles. The molecule has 1 aliphatic heterocycles. The Kier molecular flexibility index (Phi) is 4.62. The highest BCUT2D eigenvalue weighted by molar-refractivity contribution is 6.30. The van der Waals surface area contributed by atoms with Crippen molar-refractivity contribution in [2.75, 3.05) is 20.2 Å². The molecule has 3 nitrogen and oxygen atoms in total. The summed E-state index contributed by atoms with van der Waals surface area (Å²) in [5, 5.41) is 0.759. The molecule has 0 aromatic heterocycles. The number of nitrogens with two attached hydrogens (primary N) is 1. The van der Waals surface area contributed by atoms with E-state index in [4.69, 9.17) is 22.1 Å². The molecule has 0 spiro atoms. The van der Waals surface area contributed by atoms with Gasteiger partial charge in [-0.15, -0.1) is 0 Å². The van der Waals surface area contributed by atoms with Gasteiger partial charge in [-0.05, 0) is 38.1 Å². The number of nitrogens with zero attached hydrogens (tertiary/aromatic N) is 1. The first-order chi connectivity index (χ1) is 8.63. The average Bonchev–Trinajstić information content (AvgIpc) is 2.78. The minimum Gasteiger partial charge on any atom is -0.377 e. The predicted octanol–water partition coefficient (Wildman–Crippen LogP) is 2.45. The van der Waals surface area contributed by atoms with Crippen molar-refractivity contribution in [1.82, 2.24) is 4.90 Å². The number of rotatable bonds is 4. The number of hydrogen-bond acceptors (Lipinski definition) is 3. The van der Waals surface area contributed by atoms with E-state index in [2.05, 4.69) is 31.0 Å². The van der Waals surface area contributed by atoms with Gasteiger partial charge in [-0.25, -0.2) is 0 Å². The molecular formula is C14H21ClN2O. The van der Waals surface area contributed by atoms with E-state index < -0.39 is 0 Å². The van der Waals surface area contributed by atoms with Gasteiger partial charge in [0.15, 0.2) is 0 Å². The highest BCUT2D eigenvalue weighted by atomic mass is 35.5. The molecule has 1 aromatic rings. The highest BCUT2D eigenvalue weighted by Gasteiger charge is 2.31. The summed E-state index contributed by atoms with van der Waals surface area (Å²) in [6.07, 6.45) is 1.35. The van der Waals surface area contributed by atoms with E-state index in [1.807, 2.05) is 12.1 Å². The monoisotopic (exact) mass is 268 g/mol. The summed E-state index contributed by atoms with van der Waals surface area (Å²) in [5.74, 6) is 0. The lowest BCUT2D eigenvalue weighted by Crippen LogP contribution is -2.42. The minimum atomic E-state index is 0.219.